The number of rotatable bonds is 24. The van der Waals surface area contributed by atoms with E-state index in [9.17, 15) is 59.4 Å². The minimum Gasteiger partial charge on any atom is -0.550 e. The number of ether oxygens (including phenoxy) is 12. The molecule has 0 bridgehead atoms. The van der Waals surface area contributed by atoms with Gasteiger partial charge in [0.25, 0.3) is 0 Å². The van der Waals surface area contributed by atoms with Crippen molar-refractivity contribution in [1.29, 1.82) is 0 Å². The van der Waals surface area contributed by atoms with Gasteiger partial charge in [0.2, 0.25) is 0 Å². The molecule has 608 valence electrons. The van der Waals surface area contributed by atoms with Crippen LogP contribution in [0.4, 0.5) is 0 Å². The van der Waals surface area contributed by atoms with Gasteiger partial charge in [0, 0.05) is 121 Å². The summed E-state index contributed by atoms with van der Waals surface area (Å²) in [6.45, 7) is 0. The monoisotopic (exact) mass is 1870 g/mol. The van der Waals surface area contributed by atoms with Crippen molar-refractivity contribution in [2.45, 2.75) is 38.5 Å². The topological polar surface area (TPSA) is 403 Å². The molecule has 12 rings (SSSR count). The van der Waals surface area contributed by atoms with Gasteiger partial charge in [-0.2, -0.15) is 0 Å². The second-order valence-electron chi connectivity index (χ2n) is 22.9. The standard InChI is InChI=1S/2C12H8N2.6C10H12O4.2Tm/c2*1-3-9-5-6-10-4-2-8-14-12(10)11(9)13-7-1;6*1-13-8-4-3-7(6-10(11)12)5-9(8)14-2;;/h2*1-8H;6*3-5H,6H2,1-2H3,(H,11,12);;/q;;;;;;;;2*+3/p-6. The minimum absolute atomic E-state index is 0. The Labute approximate surface area is 716 Å². The van der Waals surface area contributed by atoms with Gasteiger partial charge < -0.3 is 116 Å². The summed E-state index contributed by atoms with van der Waals surface area (Å²) in [5.41, 5.74) is 7.67. The van der Waals surface area contributed by atoms with Gasteiger partial charge >= 0.3 is 73.7 Å². The normalized spacial score (nSPS) is 9.72. The molecule has 0 fully saturated rings. The quantitative estimate of drug-likeness (QED) is 0.0670. The maximum atomic E-state index is 10.3. The fourth-order valence-electron chi connectivity index (χ4n) is 10.3. The molecule has 4 heterocycles. The largest absolute Gasteiger partial charge is 3.00 e. The Kier molecular flexibility index (Phi) is 43.8. The smallest absolute Gasteiger partial charge is 0.550 e. The molecule has 28 nitrogen and oxygen atoms in total. The minimum atomic E-state index is -1.11. The average Bonchev–Trinajstić information content (AvgIpc) is 0.800. The first-order chi connectivity index (χ1) is 53.9. The first kappa shape index (κ1) is 96.5. The Morgan fingerprint density at radius 1 is 0.219 bits per heavy atom. The summed E-state index contributed by atoms with van der Waals surface area (Å²) in [6, 6.07) is 54.0. The molecule has 0 radical (unpaired) electrons. The van der Waals surface area contributed by atoms with E-state index in [0.717, 1.165) is 43.6 Å². The summed E-state index contributed by atoms with van der Waals surface area (Å²) in [5, 5.41) is 66.6. The van der Waals surface area contributed by atoms with Gasteiger partial charge in [-0.25, -0.2) is 0 Å². The van der Waals surface area contributed by atoms with Gasteiger partial charge in [-0.15, -0.1) is 0 Å². The van der Waals surface area contributed by atoms with E-state index in [1.54, 1.807) is 134 Å². The molecular formula is C84H82N4O24Tm2. The molecule has 12 aromatic rings. The molecule has 0 unspecified atom stereocenters. The summed E-state index contributed by atoms with van der Waals surface area (Å²) >= 11 is 0. The maximum absolute atomic E-state index is 10.3. The third-order valence-electron chi connectivity index (χ3n) is 15.5. The predicted octanol–water partition coefficient (Wildman–Crippen LogP) is 5.54. The Hall–Kier alpha value is -11.7. The van der Waals surface area contributed by atoms with E-state index in [1.165, 1.54) is 85.3 Å². The number of carbonyl (C=O) groups excluding carboxylic acids is 6. The van der Waals surface area contributed by atoms with Crippen LogP contribution in [0, 0.1) is 73.7 Å². The molecule has 114 heavy (non-hydrogen) atoms. The van der Waals surface area contributed by atoms with E-state index in [2.05, 4.69) is 68.5 Å². The van der Waals surface area contributed by atoms with Crippen LogP contribution in [0.2, 0.25) is 0 Å². The third kappa shape index (κ3) is 31.8. The van der Waals surface area contributed by atoms with Crippen LogP contribution in [-0.2, 0) is 67.3 Å². The van der Waals surface area contributed by atoms with Crippen LogP contribution in [0.25, 0.3) is 43.6 Å². The summed E-state index contributed by atoms with van der Waals surface area (Å²) in [6.07, 6.45) is 6.46. The van der Waals surface area contributed by atoms with E-state index < -0.39 is 35.8 Å². The molecular weight excluding hydrogens is 1790 g/mol. The number of fused-ring (bicyclic) bond motifs is 6. The molecule has 30 heteroatoms. The Morgan fingerprint density at radius 2 is 0.360 bits per heavy atom. The molecule has 0 saturated heterocycles. The van der Waals surface area contributed by atoms with Gasteiger partial charge in [-0.1, -0.05) is 84.9 Å². The van der Waals surface area contributed by atoms with Crippen molar-refractivity contribution in [1.82, 2.24) is 19.9 Å². The maximum Gasteiger partial charge on any atom is 3.00 e. The van der Waals surface area contributed by atoms with E-state index >= 15 is 0 Å². The van der Waals surface area contributed by atoms with Gasteiger partial charge in [-0.05, 0) is 130 Å². The van der Waals surface area contributed by atoms with Crippen LogP contribution in [0.15, 0.2) is 207 Å². The molecule has 0 N–H and O–H groups in total. The Morgan fingerprint density at radius 3 is 0.482 bits per heavy atom. The molecule has 0 saturated carbocycles. The number of aromatic nitrogens is 4. The van der Waals surface area contributed by atoms with Crippen molar-refractivity contribution < 1.29 is 190 Å². The van der Waals surface area contributed by atoms with Crippen molar-refractivity contribution in [2.75, 3.05) is 85.3 Å². The molecule has 0 atom stereocenters. The second-order valence-corrected chi connectivity index (χ2v) is 22.9. The third-order valence-corrected chi connectivity index (χ3v) is 15.5. The van der Waals surface area contributed by atoms with Crippen molar-refractivity contribution in [3.05, 3.63) is 240 Å². The number of methoxy groups -OCH3 is 12. The zero-order chi connectivity index (χ0) is 82.1. The average molecular weight is 1870 g/mol. The SMILES string of the molecule is COc1ccc(CC(=O)[O-])cc1OC.COc1ccc(CC(=O)[O-])cc1OC.COc1ccc(CC(=O)[O-])cc1OC.COc1ccc(CC(=O)[O-])cc1OC.COc1ccc(CC(=O)[O-])cc1OC.COc1ccc(CC(=O)[O-])cc1OC.[Tm+3].[Tm+3].c1cnc2c(c1)ccc1cccnc12.c1cnc2c(c1)ccc1cccnc12. The number of carbonyl (C=O) groups is 6. The van der Waals surface area contributed by atoms with E-state index in [-0.39, 0.29) is 112 Å². The number of benzene rings is 8. The van der Waals surface area contributed by atoms with Crippen LogP contribution < -0.4 is 87.5 Å². The molecule has 0 aliphatic carbocycles. The Balaban J connectivity index is 0.000000336. The van der Waals surface area contributed by atoms with Gasteiger partial charge in [-0.3, -0.25) is 19.9 Å². The van der Waals surface area contributed by atoms with E-state index in [1.807, 2.05) is 24.3 Å². The fraction of sp³-hybridized carbons (Fsp3) is 0.214. The molecule has 0 amide bonds. The zero-order valence-electron chi connectivity index (χ0n) is 64.0. The fourth-order valence-corrected chi connectivity index (χ4v) is 10.3. The molecule has 0 aliphatic heterocycles. The summed E-state index contributed by atoms with van der Waals surface area (Å²) < 4.78 is 60.2. The predicted molar refractivity (Wildman–Crippen MR) is 404 cm³/mol. The van der Waals surface area contributed by atoms with Crippen LogP contribution in [0.5, 0.6) is 69.0 Å². The van der Waals surface area contributed by atoms with Gasteiger partial charge in [0.15, 0.2) is 69.0 Å². The van der Waals surface area contributed by atoms with E-state index in [0.29, 0.717) is 102 Å². The van der Waals surface area contributed by atoms with Crippen molar-refractivity contribution in [3.8, 4) is 69.0 Å². The van der Waals surface area contributed by atoms with Gasteiger partial charge in [0.1, 0.15) is 0 Å². The molecule has 8 aromatic carbocycles. The number of aliphatic carboxylic acids is 6. The van der Waals surface area contributed by atoms with Crippen LogP contribution in [0.3, 0.4) is 0 Å². The van der Waals surface area contributed by atoms with E-state index in [4.69, 9.17) is 56.8 Å². The summed E-state index contributed by atoms with van der Waals surface area (Å²) in [5.74, 6) is -0.0941. The number of pyridine rings is 4. The number of hydrogen-bond donors (Lipinski definition) is 0. The van der Waals surface area contributed by atoms with Crippen molar-refractivity contribution in [2.24, 2.45) is 0 Å². The van der Waals surface area contributed by atoms with Gasteiger partial charge in [0.05, 0.1) is 107 Å². The number of carboxylic acid groups (broad SMARTS) is 6. The van der Waals surface area contributed by atoms with Crippen LogP contribution in [0.1, 0.15) is 33.4 Å². The first-order valence-electron chi connectivity index (χ1n) is 33.5. The Bertz CT molecular complexity index is 4350. The van der Waals surface area contributed by atoms with Crippen molar-refractivity contribution in [3.63, 3.8) is 0 Å². The summed E-state index contributed by atoms with van der Waals surface area (Å²) in [7, 11) is 18.1. The first-order valence-corrected chi connectivity index (χ1v) is 33.5. The van der Waals surface area contributed by atoms with Crippen LogP contribution in [-0.4, -0.2) is 141 Å². The zero-order valence-corrected chi connectivity index (χ0v) is 67.6. The summed E-state index contributed by atoms with van der Waals surface area (Å²) in [4.78, 5) is 79.4. The second kappa shape index (κ2) is 51.8. The molecule has 4 aromatic heterocycles. The molecule has 0 aliphatic rings. The number of nitrogens with zero attached hydrogens (tertiary/aromatic N) is 4. The van der Waals surface area contributed by atoms with Crippen LogP contribution >= 0.6 is 0 Å². The van der Waals surface area contributed by atoms with Crippen molar-refractivity contribution >= 4 is 79.4 Å². The number of carboxylic acids is 6. The number of hydrogen-bond acceptors (Lipinski definition) is 28. The molecule has 0 spiro atoms.